The van der Waals surface area contributed by atoms with Gasteiger partial charge in [0.25, 0.3) is 0 Å². The van der Waals surface area contributed by atoms with E-state index in [1.54, 1.807) is 5.06 Å². The Morgan fingerprint density at radius 3 is 3.08 bits per heavy atom. The molecule has 0 radical (unpaired) electrons. The fraction of sp³-hybridized carbons (Fsp3) is 1.00. The number of nitrogens with zero attached hydrogens (tertiary/aromatic N) is 1. The van der Waals surface area contributed by atoms with E-state index in [2.05, 4.69) is 0 Å². The zero-order valence-electron chi connectivity index (χ0n) is 7.53. The van der Waals surface area contributed by atoms with Crippen LogP contribution in [-0.2, 0) is 9.88 Å². The molecule has 0 bridgehead atoms. The normalized spacial score (nSPS) is 26.0. The van der Waals surface area contributed by atoms with E-state index in [0.717, 1.165) is 25.9 Å². The van der Waals surface area contributed by atoms with Gasteiger partial charge >= 0.3 is 0 Å². The summed E-state index contributed by atoms with van der Waals surface area (Å²) in [5.41, 5.74) is 0. The Bertz CT molecular complexity index is 121. The molecule has 0 aromatic carbocycles. The van der Waals surface area contributed by atoms with Crippen molar-refractivity contribution in [1.29, 1.82) is 0 Å². The molecule has 1 saturated heterocycles. The molecule has 1 unspecified atom stereocenters. The first kappa shape index (κ1) is 9.92. The smallest absolute Gasteiger partial charge is 0.0814 e. The fourth-order valence-electron chi connectivity index (χ4n) is 1.37. The molecule has 1 N–H and O–H groups in total. The fourth-order valence-corrected chi connectivity index (χ4v) is 1.37. The van der Waals surface area contributed by atoms with Crippen molar-refractivity contribution in [2.24, 2.45) is 5.92 Å². The summed E-state index contributed by atoms with van der Waals surface area (Å²) in [5.74, 6) is 0.346. The summed E-state index contributed by atoms with van der Waals surface area (Å²) >= 11 is 0. The van der Waals surface area contributed by atoms with Crippen molar-refractivity contribution in [2.75, 3.05) is 26.3 Å². The van der Waals surface area contributed by atoms with Gasteiger partial charge in [-0.05, 0) is 25.7 Å². The molecule has 1 rings (SSSR count). The van der Waals surface area contributed by atoms with E-state index in [4.69, 9.17) is 15.0 Å². The van der Waals surface area contributed by atoms with Gasteiger partial charge in [-0.1, -0.05) is 0 Å². The largest absolute Gasteiger partial charge is 0.396 e. The molecule has 0 aliphatic carbocycles. The van der Waals surface area contributed by atoms with Crippen LogP contribution in [0.25, 0.3) is 0 Å². The monoisotopic (exact) mass is 175 g/mol. The van der Waals surface area contributed by atoms with Gasteiger partial charge < -0.3 is 5.11 Å². The second kappa shape index (κ2) is 5.48. The molecular weight excluding hydrogens is 158 g/mol. The molecule has 1 atom stereocenters. The first-order chi connectivity index (χ1) is 5.86. The van der Waals surface area contributed by atoms with Crippen molar-refractivity contribution in [2.45, 2.75) is 19.8 Å². The Morgan fingerprint density at radius 1 is 1.58 bits per heavy atom. The maximum absolute atomic E-state index is 8.91. The van der Waals surface area contributed by atoms with Gasteiger partial charge in [0.05, 0.1) is 6.61 Å². The molecule has 0 aromatic rings. The number of piperidine rings is 1. The first-order valence-corrected chi connectivity index (χ1v) is 4.52. The molecule has 4 heteroatoms. The lowest BCUT2D eigenvalue weighted by molar-refractivity contribution is -0.430. The lowest BCUT2D eigenvalue weighted by Crippen LogP contribution is -2.36. The summed E-state index contributed by atoms with van der Waals surface area (Å²) in [5, 5.41) is 10.7. The molecule has 1 fully saturated rings. The molecule has 1 aliphatic rings. The summed E-state index contributed by atoms with van der Waals surface area (Å²) in [6, 6.07) is 0. The topological polar surface area (TPSA) is 41.9 Å². The first-order valence-electron chi connectivity index (χ1n) is 4.52. The van der Waals surface area contributed by atoms with Crippen LogP contribution in [-0.4, -0.2) is 36.5 Å². The van der Waals surface area contributed by atoms with Crippen molar-refractivity contribution in [1.82, 2.24) is 5.06 Å². The number of rotatable bonds is 4. The predicted octanol–water partition coefficient (Wildman–Crippen LogP) is 0.574. The number of hydrogen-bond donors (Lipinski definition) is 1. The van der Waals surface area contributed by atoms with Crippen molar-refractivity contribution in [3.8, 4) is 0 Å². The van der Waals surface area contributed by atoms with E-state index in [-0.39, 0.29) is 6.61 Å². The Labute approximate surface area is 73.0 Å². The van der Waals surface area contributed by atoms with Crippen LogP contribution in [0.4, 0.5) is 0 Å². The van der Waals surface area contributed by atoms with Gasteiger partial charge in [0.2, 0.25) is 0 Å². The van der Waals surface area contributed by atoms with Crippen LogP contribution in [0.15, 0.2) is 0 Å². The van der Waals surface area contributed by atoms with Crippen LogP contribution in [0.2, 0.25) is 0 Å². The highest BCUT2D eigenvalue weighted by atomic mass is 17.3. The van der Waals surface area contributed by atoms with Gasteiger partial charge in [-0.15, -0.1) is 4.99 Å². The molecule has 1 heterocycles. The number of hydrogen-bond acceptors (Lipinski definition) is 4. The third-order valence-corrected chi connectivity index (χ3v) is 2.02. The Hall–Kier alpha value is -0.160. The molecular formula is C8H17NO3. The minimum absolute atomic E-state index is 0.242. The molecule has 0 aromatic heterocycles. The summed E-state index contributed by atoms with van der Waals surface area (Å²) in [6.07, 6.45) is 2.15. The summed E-state index contributed by atoms with van der Waals surface area (Å²) in [6.45, 7) is 4.35. The molecule has 12 heavy (non-hydrogen) atoms. The van der Waals surface area contributed by atoms with Gasteiger partial charge in [-0.3, -0.25) is 0 Å². The number of hydroxylamine groups is 2. The Kier molecular flexibility index (Phi) is 4.53. The van der Waals surface area contributed by atoms with Gasteiger partial charge in [0, 0.05) is 19.7 Å². The van der Waals surface area contributed by atoms with Gasteiger partial charge in [-0.2, -0.15) is 5.06 Å². The van der Waals surface area contributed by atoms with E-state index in [1.807, 2.05) is 6.92 Å². The lowest BCUT2D eigenvalue weighted by atomic mass is 10.0. The second-order valence-electron chi connectivity index (χ2n) is 3.06. The van der Waals surface area contributed by atoms with Crippen LogP contribution in [0.5, 0.6) is 0 Å². The molecule has 1 aliphatic heterocycles. The molecule has 0 amide bonds. The third kappa shape index (κ3) is 3.06. The van der Waals surface area contributed by atoms with Crippen molar-refractivity contribution in [3.63, 3.8) is 0 Å². The highest BCUT2D eigenvalue weighted by molar-refractivity contribution is 4.66. The summed E-state index contributed by atoms with van der Waals surface area (Å²) in [4.78, 5) is 9.80. The maximum atomic E-state index is 8.91. The average molecular weight is 175 g/mol. The predicted molar refractivity (Wildman–Crippen MR) is 44.1 cm³/mol. The standard InChI is InChI=1S/C8H17NO3/c1-2-11-12-9-5-3-4-8(6-9)7-10/h8,10H,2-7H2,1H3. The minimum Gasteiger partial charge on any atom is -0.396 e. The highest BCUT2D eigenvalue weighted by Crippen LogP contribution is 2.15. The van der Waals surface area contributed by atoms with Gasteiger partial charge in [-0.25, -0.2) is 4.89 Å². The zero-order chi connectivity index (χ0) is 8.81. The Balaban J connectivity index is 2.16. The average Bonchev–Trinajstić information content (AvgIpc) is 2.15. The maximum Gasteiger partial charge on any atom is 0.0814 e. The molecule has 0 saturated carbocycles. The van der Waals surface area contributed by atoms with Crippen LogP contribution < -0.4 is 0 Å². The minimum atomic E-state index is 0.242. The Morgan fingerprint density at radius 2 is 2.42 bits per heavy atom. The number of aliphatic hydroxyl groups is 1. The summed E-state index contributed by atoms with van der Waals surface area (Å²) < 4.78 is 0. The van der Waals surface area contributed by atoms with Crippen molar-refractivity contribution in [3.05, 3.63) is 0 Å². The zero-order valence-corrected chi connectivity index (χ0v) is 7.53. The summed E-state index contributed by atoms with van der Waals surface area (Å²) in [7, 11) is 0. The van der Waals surface area contributed by atoms with E-state index in [1.165, 1.54) is 0 Å². The molecule has 4 nitrogen and oxygen atoms in total. The second-order valence-corrected chi connectivity index (χ2v) is 3.06. The molecule has 0 spiro atoms. The van der Waals surface area contributed by atoms with Crippen LogP contribution >= 0.6 is 0 Å². The quantitative estimate of drug-likeness (QED) is 0.501. The number of aliphatic hydroxyl groups excluding tert-OH is 1. The van der Waals surface area contributed by atoms with Crippen LogP contribution in [0.3, 0.4) is 0 Å². The van der Waals surface area contributed by atoms with E-state index in [9.17, 15) is 0 Å². The van der Waals surface area contributed by atoms with E-state index < -0.39 is 0 Å². The van der Waals surface area contributed by atoms with Crippen molar-refractivity contribution < 1.29 is 15.0 Å². The van der Waals surface area contributed by atoms with Gasteiger partial charge in [0.1, 0.15) is 0 Å². The highest BCUT2D eigenvalue weighted by Gasteiger charge is 2.19. The molecule has 72 valence electrons. The third-order valence-electron chi connectivity index (χ3n) is 2.02. The van der Waals surface area contributed by atoms with E-state index >= 15 is 0 Å². The van der Waals surface area contributed by atoms with E-state index in [0.29, 0.717) is 12.5 Å². The SMILES string of the molecule is CCOON1CCCC(CO)C1. The van der Waals surface area contributed by atoms with Crippen LogP contribution in [0, 0.1) is 5.92 Å². The van der Waals surface area contributed by atoms with Crippen molar-refractivity contribution >= 4 is 0 Å². The van der Waals surface area contributed by atoms with Gasteiger partial charge in [0.15, 0.2) is 0 Å². The lowest BCUT2D eigenvalue weighted by Gasteiger charge is -2.29. The van der Waals surface area contributed by atoms with Crippen LogP contribution in [0.1, 0.15) is 19.8 Å².